The average Bonchev–Trinajstić information content (AvgIpc) is 4.32. The number of carboxylic acid groups (broad SMARTS) is 1. The van der Waals surface area contributed by atoms with Crippen LogP contribution in [0.5, 0.6) is 0 Å². The first kappa shape index (κ1) is 59.2. The second-order valence-electron chi connectivity index (χ2n) is 18.7. The van der Waals surface area contributed by atoms with E-state index in [1.165, 1.54) is 34.5 Å². The Labute approximate surface area is 504 Å². The number of esters is 1. The highest BCUT2D eigenvalue weighted by Crippen LogP contribution is 2.38. The number of ether oxygens (including phenoxy) is 1. The number of nitrogens with one attached hydrogen (secondary N) is 7. The smallest absolute Gasteiger partial charge is 0.351 e. The van der Waals surface area contributed by atoms with Crippen LogP contribution in [0.2, 0.25) is 0 Å². The van der Waals surface area contributed by atoms with Crippen molar-refractivity contribution in [2.75, 3.05) is 5.75 Å². The van der Waals surface area contributed by atoms with Crippen LogP contribution < -0.4 is 31.9 Å². The minimum atomic E-state index is -1.52. The van der Waals surface area contributed by atoms with Crippen LogP contribution in [0, 0.1) is 6.92 Å². The van der Waals surface area contributed by atoms with Crippen LogP contribution in [0.4, 0.5) is 0 Å². The lowest BCUT2D eigenvalue weighted by atomic mass is 10.1. The molecule has 2 aliphatic heterocycles. The number of carbonyl (C=O) groups is 9. The lowest BCUT2D eigenvalue weighted by Gasteiger charge is -2.21. The van der Waals surface area contributed by atoms with Gasteiger partial charge in [-0.2, -0.15) is 0 Å². The van der Waals surface area contributed by atoms with E-state index < -0.39 is 83.0 Å². The third kappa shape index (κ3) is 12.9. The molecular formula is C54H45N13O12S6. The molecule has 8 aromatic rings. The van der Waals surface area contributed by atoms with E-state index in [0.717, 1.165) is 68.4 Å². The van der Waals surface area contributed by atoms with Crippen molar-refractivity contribution >= 4 is 138 Å². The molecule has 9 heterocycles. The van der Waals surface area contributed by atoms with Crippen LogP contribution in [0.3, 0.4) is 0 Å². The number of hydrogen-bond donors (Lipinski definition) is 9. The molecule has 25 nitrogen and oxygen atoms in total. The van der Waals surface area contributed by atoms with Gasteiger partial charge >= 0.3 is 11.9 Å². The normalized spacial score (nSPS) is 17.9. The number of aliphatic hydroxyl groups excluding tert-OH is 1. The quantitative estimate of drug-likeness (QED) is 0.0612. The lowest BCUT2D eigenvalue weighted by Crippen LogP contribution is -2.52. The molecule has 0 unspecified atom stereocenters. The molecule has 12 bridgehead atoms. The van der Waals surface area contributed by atoms with E-state index in [1.54, 1.807) is 49.6 Å². The van der Waals surface area contributed by atoms with Crippen LogP contribution >= 0.6 is 68.4 Å². The predicted molar refractivity (Wildman–Crippen MR) is 317 cm³/mol. The van der Waals surface area contributed by atoms with Gasteiger partial charge < -0.3 is 51.8 Å². The lowest BCUT2D eigenvalue weighted by molar-refractivity contribution is -0.145. The average molecular weight is 1260 g/mol. The summed E-state index contributed by atoms with van der Waals surface area (Å²) >= 11 is 6.19. The molecule has 4 atom stereocenters. The van der Waals surface area contributed by atoms with Crippen LogP contribution in [0.1, 0.15) is 117 Å². The summed E-state index contributed by atoms with van der Waals surface area (Å²) in [6.07, 6.45) is -0.114. The molecule has 9 N–H and O–H groups in total. The van der Waals surface area contributed by atoms with E-state index in [-0.39, 0.29) is 102 Å². The minimum Gasteiger partial charge on any atom is -0.477 e. The first-order chi connectivity index (χ1) is 40.7. The maximum Gasteiger partial charge on any atom is 0.351 e. The number of amides is 6. The number of aliphatic hydroxyl groups is 1. The number of carbonyl (C=O) groups excluding carboxylic acids is 8. The highest BCUT2D eigenvalue weighted by molar-refractivity contribution is 8.14. The topological polar surface area (TPSA) is 369 Å². The van der Waals surface area contributed by atoms with Gasteiger partial charge in [0, 0.05) is 55.5 Å². The molecule has 7 aromatic heterocycles. The van der Waals surface area contributed by atoms with E-state index in [4.69, 9.17) is 19.8 Å². The summed E-state index contributed by atoms with van der Waals surface area (Å²) in [5.74, 6) is -7.01. The number of allylic oxidation sites excluding steroid dienone is 1. The third-order valence-electron chi connectivity index (χ3n) is 12.9. The van der Waals surface area contributed by atoms with Crippen molar-refractivity contribution in [2.45, 2.75) is 64.4 Å². The van der Waals surface area contributed by atoms with Crippen molar-refractivity contribution in [3.63, 3.8) is 0 Å². The fourth-order valence-electron chi connectivity index (χ4n) is 8.60. The second-order valence-corrected chi connectivity index (χ2v) is 24.1. The predicted octanol–water partition coefficient (Wildman–Crippen LogP) is 6.44. The number of H-pyrrole nitrogens is 1. The number of aromatic amines is 1. The Hall–Kier alpha value is -8.98. The van der Waals surface area contributed by atoms with Crippen molar-refractivity contribution in [3.8, 4) is 32.7 Å². The van der Waals surface area contributed by atoms with E-state index in [2.05, 4.69) is 64.7 Å². The van der Waals surface area contributed by atoms with E-state index in [0.29, 0.717) is 32.6 Å². The van der Waals surface area contributed by atoms with Crippen molar-refractivity contribution in [2.24, 2.45) is 0 Å². The van der Waals surface area contributed by atoms with Crippen LogP contribution in [-0.4, -0.2) is 115 Å². The number of aromatic nitrogens is 7. The van der Waals surface area contributed by atoms with Crippen LogP contribution in [0.25, 0.3) is 49.3 Å². The Kier molecular flexibility index (Phi) is 17.5. The second kappa shape index (κ2) is 25.1. The summed E-state index contributed by atoms with van der Waals surface area (Å²) in [5.41, 5.74) is 1.79. The number of aliphatic carboxylic acids is 1. The first-order valence-electron chi connectivity index (χ1n) is 25.3. The largest absolute Gasteiger partial charge is 0.477 e. The number of pyridine rings is 1. The molecule has 1 aromatic carbocycles. The van der Waals surface area contributed by atoms with Crippen molar-refractivity contribution in [1.29, 1.82) is 0 Å². The fraction of sp³-hybridized carbons (Fsp3) is 0.204. The molecule has 0 aliphatic carbocycles. The molecule has 31 heteroatoms. The molecule has 10 rings (SSSR count). The number of thiazole rings is 5. The number of fused-ring (bicyclic) bond motifs is 13. The summed E-state index contributed by atoms with van der Waals surface area (Å²) in [6, 6.07) is 5.13. The zero-order chi connectivity index (χ0) is 60.4. The summed E-state index contributed by atoms with van der Waals surface area (Å²) in [5, 5.41) is 44.5. The Balaban J connectivity index is 1.07. The summed E-state index contributed by atoms with van der Waals surface area (Å²) < 4.78 is 5.77. The summed E-state index contributed by atoms with van der Waals surface area (Å²) in [7, 11) is 0. The van der Waals surface area contributed by atoms with Gasteiger partial charge in [-0.25, -0.2) is 34.7 Å². The van der Waals surface area contributed by atoms with Gasteiger partial charge in [-0.3, -0.25) is 38.4 Å². The minimum absolute atomic E-state index is 0.0189. The monoisotopic (exact) mass is 1260 g/mol. The standard InChI is InChI=1S/C54H45N13O12S6/c1-6-27-49-64-33(18-82-49)44(72)60-30-12-13-37(69)79-14-25-8-7-9-28-38(25)21(2)39(57-28)54(78)85-20-36(61-45(73)34-19-84-51(30)66-34)52-62-31(15-81-52)41-26(48-63-35(16-80-48)46(74)67-40(24(5)68)47(75)59-27)10-11-29(58-41)50-65-32(17-83-50)43(71)55-22(3)42(70)56-23(4)53(76)77/h6-11,15-19,24,30,36,40,57,68H,3-4,12-14,20H2,1-2,5H3,(H,55,71)(H,56,70)(H,59,75)(H,60,72)(H,61,73)(H,67,74)(H,76,77)/b27-6-/t24-,30-,36+,40+/m1/s1. The maximum atomic E-state index is 14.5. The Morgan fingerprint density at radius 1 is 0.741 bits per heavy atom. The van der Waals surface area contributed by atoms with Gasteiger partial charge in [0.1, 0.15) is 77.5 Å². The zero-order valence-corrected chi connectivity index (χ0v) is 49.4. The maximum absolute atomic E-state index is 14.5. The van der Waals surface area contributed by atoms with Gasteiger partial charge in [0.05, 0.1) is 41.0 Å². The van der Waals surface area contributed by atoms with Gasteiger partial charge in [0.2, 0.25) is 11.0 Å². The number of benzene rings is 1. The summed E-state index contributed by atoms with van der Waals surface area (Å²) in [4.78, 5) is 153. The van der Waals surface area contributed by atoms with Crippen LogP contribution in [-0.2, 0) is 30.5 Å². The van der Waals surface area contributed by atoms with Gasteiger partial charge in [0.15, 0.2) is 0 Å². The number of carboxylic acids is 1. The summed E-state index contributed by atoms with van der Waals surface area (Å²) in [6.45, 7) is 11.3. The van der Waals surface area contributed by atoms with E-state index in [9.17, 15) is 48.3 Å². The first-order valence-corrected chi connectivity index (χ1v) is 30.7. The van der Waals surface area contributed by atoms with Gasteiger partial charge in [-0.1, -0.05) is 43.1 Å². The number of thioether (sulfide) groups is 1. The Morgan fingerprint density at radius 3 is 2.12 bits per heavy atom. The number of nitrogens with zero attached hydrogens (tertiary/aromatic N) is 6. The van der Waals surface area contributed by atoms with Gasteiger partial charge in [-0.15, -0.1) is 56.7 Å². The molecule has 0 saturated carbocycles. The van der Waals surface area contributed by atoms with Gasteiger partial charge in [0.25, 0.3) is 29.5 Å². The van der Waals surface area contributed by atoms with Crippen molar-refractivity contribution in [3.05, 3.63) is 142 Å². The van der Waals surface area contributed by atoms with Gasteiger partial charge in [-0.05, 0) is 56.5 Å². The highest BCUT2D eigenvalue weighted by atomic mass is 32.2. The molecule has 85 heavy (non-hydrogen) atoms. The third-order valence-corrected chi connectivity index (χ3v) is 18.4. The van der Waals surface area contributed by atoms with Crippen molar-refractivity contribution in [1.82, 2.24) is 66.8 Å². The Morgan fingerprint density at radius 2 is 1.39 bits per heavy atom. The molecule has 434 valence electrons. The molecule has 2 aliphatic rings. The number of rotatable bonds is 7. The molecule has 0 fully saturated rings. The number of aryl methyl sites for hydroxylation is 1. The van der Waals surface area contributed by atoms with E-state index in [1.807, 2.05) is 5.32 Å². The fourth-order valence-corrected chi connectivity index (χ4v) is 13.8. The molecular weight excluding hydrogens is 1220 g/mol. The highest BCUT2D eigenvalue weighted by Gasteiger charge is 2.32. The van der Waals surface area contributed by atoms with E-state index >= 15 is 0 Å². The number of cyclic esters (lactones) is 1. The zero-order valence-electron chi connectivity index (χ0n) is 44.5. The molecule has 0 spiro atoms. The SMILES string of the molecule is C=C(NC(=O)C(=C)NC(=O)c1csc(-c2ccc3c(n2)-c2csc(n2)[C@@H]2CSC(=O)c4[nH]c5cccc(c5c4C)COC(=O)CC[C@@H](NC(=O)c4csc(n4)/C(=C/C)NC(=O)[C@H]([C@@H](C)O)NC(=O)c4csc-3n4)c3nc(cs3)C(=O)N2)n1)C(=O)O. The molecule has 0 saturated heterocycles. The molecule has 6 amide bonds. The Bertz CT molecular complexity index is 4130. The number of hydrogen-bond acceptors (Lipinski definition) is 23. The molecule has 0 radical (unpaired) electrons. The van der Waals surface area contributed by atoms with Crippen molar-refractivity contribution < 1.29 is 58.1 Å². The van der Waals surface area contributed by atoms with Crippen LogP contribution in [0.15, 0.2) is 87.9 Å².